The minimum atomic E-state index is 0.408. The molecule has 0 aromatic heterocycles. The van der Waals surface area contributed by atoms with E-state index in [1.807, 2.05) is 6.07 Å². The van der Waals surface area contributed by atoms with Crippen molar-refractivity contribution in [2.75, 3.05) is 0 Å². The second kappa shape index (κ2) is 5.35. The Morgan fingerprint density at radius 3 is 2.33 bits per heavy atom. The summed E-state index contributed by atoms with van der Waals surface area (Å²) < 4.78 is 6.29. The summed E-state index contributed by atoms with van der Waals surface area (Å²) in [6.45, 7) is 0. The zero-order valence-corrected chi connectivity index (χ0v) is 10.8. The van der Waals surface area contributed by atoms with Crippen molar-refractivity contribution in [3.63, 3.8) is 0 Å². The third-order valence-electron chi connectivity index (χ3n) is 2.31. The van der Waals surface area contributed by atoms with Gasteiger partial charge in [-0.05, 0) is 40.2 Å². The molecule has 0 bridgehead atoms. The summed E-state index contributed by atoms with van der Waals surface area (Å²) in [7, 11) is 0. The van der Waals surface area contributed by atoms with Gasteiger partial charge in [0.1, 0.15) is 29.2 Å². The number of benzene rings is 2. The van der Waals surface area contributed by atoms with Gasteiger partial charge in [-0.3, -0.25) is 0 Å². The molecule has 2 aromatic carbocycles. The maximum absolute atomic E-state index is 9.08. The van der Waals surface area contributed by atoms with Gasteiger partial charge in [-0.25, -0.2) is 0 Å². The molecular weight excluding hydrogens is 292 g/mol. The van der Waals surface area contributed by atoms with E-state index < -0.39 is 0 Å². The average molecular weight is 299 g/mol. The van der Waals surface area contributed by atoms with Crippen LogP contribution in [0.3, 0.4) is 0 Å². The number of nitriles is 2. The van der Waals surface area contributed by atoms with Crippen molar-refractivity contribution in [2.24, 2.45) is 0 Å². The fourth-order valence-electron chi connectivity index (χ4n) is 1.46. The molecule has 0 fully saturated rings. The van der Waals surface area contributed by atoms with Gasteiger partial charge in [0.05, 0.1) is 5.56 Å². The fraction of sp³-hybridized carbons (Fsp3) is 0. The van der Waals surface area contributed by atoms with Gasteiger partial charge in [-0.2, -0.15) is 10.5 Å². The summed E-state index contributed by atoms with van der Waals surface area (Å²) in [4.78, 5) is 0. The highest BCUT2D eigenvalue weighted by molar-refractivity contribution is 9.10. The van der Waals surface area contributed by atoms with Crippen molar-refractivity contribution in [3.05, 3.63) is 58.1 Å². The van der Waals surface area contributed by atoms with Crippen LogP contribution in [-0.2, 0) is 0 Å². The zero-order valence-electron chi connectivity index (χ0n) is 9.22. The van der Waals surface area contributed by atoms with Crippen LogP contribution in [0.2, 0.25) is 0 Å². The van der Waals surface area contributed by atoms with Crippen LogP contribution in [0.5, 0.6) is 11.5 Å². The van der Waals surface area contributed by atoms with Gasteiger partial charge >= 0.3 is 0 Å². The van der Waals surface area contributed by atoms with E-state index in [1.165, 1.54) is 0 Å². The maximum atomic E-state index is 9.08. The van der Waals surface area contributed by atoms with E-state index >= 15 is 0 Å². The Bertz CT molecular complexity index is 668. The summed E-state index contributed by atoms with van der Waals surface area (Å²) in [5.41, 5.74) is 0.839. The van der Waals surface area contributed by atoms with Gasteiger partial charge in [-0.1, -0.05) is 18.2 Å². The van der Waals surface area contributed by atoms with Crippen LogP contribution in [0.1, 0.15) is 11.1 Å². The van der Waals surface area contributed by atoms with Crippen molar-refractivity contribution in [2.45, 2.75) is 0 Å². The van der Waals surface area contributed by atoms with Crippen LogP contribution in [0.4, 0.5) is 0 Å². The minimum absolute atomic E-state index is 0.408. The molecule has 0 aliphatic heterocycles. The Morgan fingerprint density at radius 2 is 1.61 bits per heavy atom. The Morgan fingerprint density at radius 1 is 0.889 bits per heavy atom. The third kappa shape index (κ3) is 2.34. The van der Waals surface area contributed by atoms with Crippen LogP contribution in [0.15, 0.2) is 46.9 Å². The molecule has 0 unspecified atom stereocenters. The molecule has 0 N–H and O–H groups in total. The topological polar surface area (TPSA) is 56.8 Å². The van der Waals surface area contributed by atoms with Gasteiger partial charge in [-0.15, -0.1) is 0 Å². The molecule has 2 aromatic rings. The molecular formula is C14H7BrN2O. The van der Waals surface area contributed by atoms with Crippen molar-refractivity contribution in [1.29, 1.82) is 10.5 Å². The highest BCUT2D eigenvalue weighted by Gasteiger charge is 2.10. The van der Waals surface area contributed by atoms with E-state index in [0.717, 1.165) is 0 Å². The van der Waals surface area contributed by atoms with Gasteiger partial charge in [0.25, 0.3) is 0 Å². The molecule has 0 saturated carbocycles. The molecule has 0 spiro atoms. The first-order valence-corrected chi connectivity index (χ1v) is 5.91. The molecule has 0 heterocycles. The molecule has 3 nitrogen and oxygen atoms in total. The summed E-state index contributed by atoms with van der Waals surface area (Å²) in [5.74, 6) is 0.865. The molecule has 86 valence electrons. The number of rotatable bonds is 2. The lowest BCUT2D eigenvalue weighted by molar-refractivity contribution is 0.479. The van der Waals surface area contributed by atoms with Crippen molar-refractivity contribution in [1.82, 2.24) is 0 Å². The van der Waals surface area contributed by atoms with Crippen molar-refractivity contribution >= 4 is 15.9 Å². The molecule has 0 saturated heterocycles. The number of para-hydroxylation sites is 1. The van der Waals surface area contributed by atoms with Crippen molar-refractivity contribution in [3.8, 4) is 23.6 Å². The minimum Gasteiger partial charge on any atom is -0.455 e. The summed E-state index contributed by atoms with van der Waals surface area (Å²) in [6.07, 6.45) is 0. The van der Waals surface area contributed by atoms with Crippen molar-refractivity contribution < 1.29 is 4.74 Å². The Hall–Kier alpha value is -2.30. The lowest BCUT2D eigenvalue weighted by Crippen LogP contribution is -1.91. The smallest absolute Gasteiger partial charge is 0.146 e. The lowest BCUT2D eigenvalue weighted by Gasteiger charge is -2.09. The first-order chi connectivity index (χ1) is 8.76. The van der Waals surface area contributed by atoms with E-state index in [2.05, 4.69) is 22.0 Å². The first-order valence-electron chi connectivity index (χ1n) is 5.12. The third-order valence-corrected chi connectivity index (χ3v) is 2.98. The summed E-state index contributed by atoms with van der Waals surface area (Å²) in [6, 6.07) is 16.2. The molecule has 2 rings (SSSR count). The highest BCUT2D eigenvalue weighted by atomic mass is 79.9. The molecule has 0 aliphatic rings. The maximum Gasteiger partial charge on any atom is 0.146 e. The molecule has 0 amide bonds. The summed E-state index contributed by atoms with van der Waals surface area (Å²) >= 11 is 3.29. The van der Waals surface area contributed by atoms with Crippen LogP contribution >= 0.6 is 15.9 Å². The van der Waals surface area contributed by atoms with E-state index in [-0.39, 0.29) is 0 Å². The van der Waals surface area contributed by atoms with E-state index in [4.69, 9.17) is 15.3 Å². The average Bonchev–Trinajstić information content (AvgIpc) is 2.40. The highest BCUT2D eigenvalue weighted by Crippen LogP contribution is 2.31. The Balaban J connectivity index is 2.45. The SMILES string of the molecule is N#Cc1ccccc1Oc1cccc(Br)c1C#N. The van der Waals surface area contributed by atoms with Gasteiger partial charge in [0.2, 0.25) is 0 Å². The largest absolute Gasteiger partial charge is 0.455 e. The fourth-order valence-corrected chi connectivity index (χ4v) is 1.90. The van der Waals surface area contributed by atoms with Crippen LogP contribution in [0, 0.1) is 22.7 Å². The quantitative estimate of drug-likeness (QED) is 0.842. The number of hydrogen-bond donors (Lipinski definition) is 0. The number of halogens is 1. The van der Waals surface area contributed by atoms with Crippen LogP contribution in [-0.4, -0.2) is 0 Å². The molecule has 0 atom stereocenters. The first kappa shape index (κ1) is 12.2. The molecule has 0 radical (unpaired) electrons. The Labute approximate surface area is 113 Å². The second-order valence-corrected chi connectivity index (χ2v) is 4.29. The van der Waals surface area contributed by atoms with Crippen LogP contribution in [0.25, 0.3) is 0 Å². The Kier molecular flexibility index (Phi) is 3.62. The molecule has 0 aliphatic carbocycles. The number of nitrogens with zero attached hydrogens (tertiary/aromatic N) is 2. The lowest BCUT2D eigenvalue weighted by atomic mass is 10.2. The van der Waals surface area contributed by atoms with E-state index in [9.17, 15) is 0 Å². The van der Waals surface area contributed by atoms with Gasteiger partial charge in [0.15, 0.2) is 0 Å². The number of hydrogen-bond acceptors (Lipinski definition) is 3. The van der Waals surface area contributed by atoms with E-state index in [0.29, 0.717) is 27.1 Å². The molecule has 18 heavy (non-hydrogen) atoms. The standard InChI is InChI=1S/C14H7BrN2O/c15-12-5-3-7-14(11(12)9-17)18-13-6-2-1-4-10(13)8-16/h1-7H. The summed E-state index contributed by atoms with van der Waals surface area (Å²) in [5, 5.41) is 18.1. The van der Waals surface area contributed by atoms with Gasteiger partial charge < -0.3 is 4.74 Å². The monoisotopic (exact) mass is 298 g/mol. The van der Waals surface area contributed by atoms with E-state index in [1.54, 1.807) is 42.5 Å². The predicted molar refractivity (Wildman–Crippen MR) is 70.1 cm³/mol. The normalized spacial score (nSPS) is 9.28. The predicted octanol–water partition coefficient (Wildman–Crippen LogP) is 3.98. The van der Waals surface area contributed by atoms with Gasteiger partial charge in [0, 0.05) is 4.47 Å². The number of ether oxygens (including phenoxy) is 1. The van der Waals surface area contributed by atoms with Crippen LogP contribution < -0.4 is 4.74 Å². The molecule has 4 heteroatoms. The zero-order chi connectivity index (χ0) is 13.0. The second-order valence-electron chi connectivity index (χ2n) is 3.43.